The number of hydrogen-bond acceptors (Lipinski definition) is 4. The summed E-state index contributed by atoms with van der Waals surface area (Å²) in [7, 11) is -1.94. The van der Waals surface area contributed by atoms with E-state index in [2.05, 4.69) is 13.8 Å². The number of nitrogens with zero attached hydrogens (tertiary/aromatic N) is 2. The molecule has 1 amide bonds. The van der Waals surface area contributed by atoms with Crippen molar-refractivity contribution in [3.63, 3.8) is 0 Å². The number of methoxy groups -OCH3 is 1. The second-order valence-electron chi connectivity index (χ2n) is 7.01. The van der Waals surface area contributed by atoms with Crippen LogP contribution in [0, 0.1) is 5.92 Å². The summed E-state index contributed by atoms with van der Waals surface area (Å²) in [5.41, 5.74) is 0. The Morgan fingerprint density at radius 3 is 2.52 bits per heavy atom. The van der Waals surface area contributed by atoms with Crippen LogP contribution >= 0.6 is 0 Å². The molecule has 1 aromatic rings. The predicted octanol–water partition coefficient (Wildman–Crippen LogP) is 2.75. The maximum atomic E-state index is 13.2. The van der Waals surface area contributed by atoms with E-state index in [9.17, 15) is 13.2 Å². The summed E-state index contributed by atoms with van der Waals surface area (Å²) in [5.74, 6) is -0.247. The van der Waals surface area contributed by atoms with Gasteiger partial charge in [-0.3, -0.25) is 4.79 Å². The Balaban J connectivity index is 2.16. The highest BCUT2D eigenvalue weighted by Gasteiger charge is 2.36. The van der Waals surface area contributed by atoms with Crippen LogP contribution in [-0.4, -0.2) is 62.9 Å². The number of carbonyl (C=O) groups is 1. The first-order valence-electron chi connectivity index (χ1n) is 9.80. The smallest absolute Gasteiger partial charge is 0.243 e. The monoisotopic (exact) mass is 396 g/mol. The van der Waals surface area contributed by atoms with Gasteiger partial charge >= 0.3 is 0 Å². The molecule has 0 aliphatic carbocycles. The number of ether oxygens (including phenoxy) is 1. The zero-order valence-electron chi connectivity index (χ0n) is 16.6. The molecule has 2 rings (SSSR count). The second kappa shape index (κ2) is 10.2. The first-order valence-corrected chi connectivity index (χ1v) is 11.2. The van der Waals surface area contributed by atoms with Crippen molar-refractivity contribution in [3.05, 3.63) is 30.3 Å². The largest absolute Gasteiger partial charge is 0.383 e. The summed E-state index contributed by atoms with van der Waals surface area (Å²) in [5, 5.41) is 0. The molecule has 0 radical (unpaired) electrons. The molecule has 0 N–H and O–H groups in total. The van der Waals surface area contributed by atoms with Crippen molar-refractivity contribution >= 4 is 15.9 Å². The third-order valence-corrected chi connectivity index (χ3v) is 7.20. The van der Waals surface area contributed by atoms with E-state index in [0.717, 1.165) is 19.3 Å². The van der Waals surface area contributed by atoms with E-state index in [1.165, 1.54) is 4.31 Å². The van der Waals surface area contributed by atoms with Gasteiger partial charge in [0, 0.05) is 32.8 Å². The molecular formula is C20H32N2O4S. The molecule has 152 valence electrons. The van der Waals surface area contributed by atoms with Crippen LogP contribution in [0.4, 0.5) is 0 Å². The Bertz CT molecular complexity index is 689. The average molecular weight is 397 g/mol. The molecule has 27 heavy (non-hydrogen) atoms. The van der Waals surface area contributed by atoms with E-state index < -0.39 is 10.0 Å². The Labute approximate surface area is 163 Å². The molecular weight excluding hydrogens is 364 g/mol. The average Bonchev–Trinajstić information content (AvgIpc) is 2.71. The Hall–Kier alpha value is -1.44. The summed E-state index contributed by atoms with van der Waals surface area (Å²) in [6.45, 7) is 5.90. The summed E-state index contributed by atoms with van der Waals surface area (Å²) >= 11 is 0. The normalized spacial score (nSPS) is 18.6. The van der Waals surface area contributed by atoms with Crippen molar-refractivity contribution in [1.82, 2.24) is 9.21 Å². The van der Waals surface area contributed by atoms with Crippen LogP contribution < -0.4 is 0 Å². The fourth-order valence-corrected chi connectivity index (χ4v) is 5.28. The van der Waals surface area contributed by atoms with Crippen LogP contribution in [0.25, 0.3) is 0 Å². The molecule has 0 spiro atoms. The summed E-state index contributed by atoms with van der Waals surface area (Å²) in [6.07, 6.45) is 3.18. The van der Waals surface area contributed by atoms with Gasteiger partial charge in [0.15, 0.2) is 0 Å². The number of rotatable bonds is 9. The van der Waals surface area contributed by atoms with Crippen molar-refractivity contribution in [2.45, 2.75) is 50.5 Å². The van der Waals surface area contributed by atoms with Crippen LogP contribution in [0.15, 0.2) is 35.2 Å². The third-order valence-electron chi connectivity index (χ3n) is 5.32. The van der Waals surface area contributed by atoms with Crippen molar-refractivity contribution in [1.29, 1.82) is 0 Å². The molecule has 1 heterocycles. The minimum absolute atomic E-state index is 0.0497. The summed E-state index contributed by atoms with van der Waals surface area (Å²) < 4.78 is 32.5. The lowest BCUT2D eigenvalue weighted by atomic mass is 9.96. The topological polar surface area (TPSA) is 66.9 Å². The van der Waals surface area contributed by atoms with E-state index in [1.54, 1.807) is 37.4 Å². The fourth-order valence-electron chi connectivity index (χ4n) is 3.73. The molecule has 1 aromatic carbocycles. The van der Waals surface area contributed by atoms with E-state index in [0.29, 0.717) is 26.1 Å². The number of sulfonamides is 1. The van der Waals surface area contributed by atoms with E-state index in [-0.39, 0.29) is 29.3 Å². The lowest BCUT2D eigenvalue weighted by Gasteiger charge is -2.37. The predicted molar refractivity (Wildman–Crippen MR) is 106 cm³/mol. The Kier molecular flexibility index (Phi) is 8.26. The van der Waals surface area contributed by atoms with Gasteiger partial charge in [-0.05, 0) is 37.8 Å². The van der Waals surface area contributed by atoms with Crippen LogP contribution in [0.1, 0.15) is 39.5 Å². The Morgan fingerprint density at radius 1 is 1.26 bits per heavy atom. The number of piperidine rings is 1. The van der Waals surface area contributed by atoms with Gasteiger partial charge < -0.3 is 9.64 Å². The molecule has 1 aliphatic rings. The van der Waals surface area contributed by atoms with Crippen LogP contribution in [0.2, 0.25) is 0 Å². The van der Waals surface area contributed by atoms with E-state index in [4.69, 9.17) is 4.74 Å². The highest BCUT2D eigenvalue weighted by molar-refractivity contribution is 7.89. The van der Waals surface area contributed by atoms with E-state index >= 15 is 0 Å². The maximum Gasteiger partial charge on any atom is 0.243 e. The molecule has 6 nitrogen and oxygen atoms in total. The van der Waals surface area contributed by atoms with Crippen molar-refractivity contribution in [3.8, 4) is 0 Å². The van der Waals surface area contributed by atoms with Crippen LogP contribution in [0.3, 0.4) is 0 Å². The van der Waals surface area contributed by atoms with Crippen LogP contribution in [-0.2, 0) is 19.6 Å². The summed E-state index contributed by atoms with van der Waals surface area (Å²) in [6, 6.07) is 8.61. The van der Waals surface area contributed by atoms with Gasteiger partial charge in [-0.1, -0.05) is 32.0 Å². The van der Waals surface area contributed by atoms with Gasteiger partial charge in [0.05, 0.1) is 17.4 Å². The molecule has 1 fully saturated rings. The van der Waals surface area contributed by atoms with Gasteiger partial charge in [-0.25, -0.2) is 8.42 Å². The van der Waals surface area contributed by atoms with Crippen LogP contribution in [0.5, 0.6) is 0 Å². The number of amides is 1. The number of hydrogen-bond donors (Lipinski definition) is 0. The minimum Gasteiger partial charge on any atom is -0.383 e. The van der Waals surface area contributed by atoms with E-state index in [1.807, 2.05) is 4.90 Å². The lowest BCUT2D eigenvalue weighted by Crippen LogP contribution is -2.50. The first-order chi connectivity index (χ1) is 13.0. The second-order valence-corrected chi connectivity index (χ2v) is 8.95. The van der Waals surface area contributed by atoms with Crippen molar-refractivity contribution < 1.29 is 17.9 Å². The standard InChI is InChI=1S/C20H32N2O4S/c1-4-18(5-2)22(14-15-26-3)20(23)17-10-9-13-21(16-17)27(24,25)19-11-7-6-8-12-19/h6-8,11-12,17-18H,4-5,9-10,13-16H2,1-3H3. The quantitative estimate of drug-likeness (QED) is 0.644. The summed E-state index contributed by atoms with van der Waals surface area (Å²) in [4.78, 5) is 15.4. The van der Waals surface area contributed by atoms with Gasteiger partial charge in [0.1, 0.15) is 0 Å². The zero-order chi connectivity index (χ0) is 19.9. The van der Waals surface area contributed by atoms with Crippen molar-refractivity contribution in [2.75, 3.05) is 33.4 Å². The minimum atomic E-state index is -3.56. The zero-order valence-corrected chi connectivity index (χ0v) is 17.5. The van der Waals surface area contributed by atoms with Gasteiger partial charge in [0.25, 0.3) is 0 Å². The third kappa shape index (κ3) is 5.30. The first kappa shape index (κ1) is 21.9. The number of carbonyl (C=O) groups excluding carboxylic acids is 1. The Morgan fingerprint density at radius 2 is 1.93 bits per heavy atom. The molecule has 1 unspecified atom stereocenters. The van der Waals surface area contributed by atoms with Crippen molar-refractivity contribution in [2.24, 2.45) is 5.92 Å². The number of benzene rings is 1. The molecule has 1 atom stereocenters. The molecule has 1 saturated heterocycles. The molecule has 0 aromatic heterocycles. The molecule has 0 saturated carbocycles. The van der Waals surface area contributed by atoms with Gasteiger partial charge in [0.2, 0.25) is 15.9 Å². The van der Waals surface area contributed by atoms with Gasteiger partial charge in [-0.15, -0.1) is 0 Å². The highest BCUT2D eigenvalue weighted by atomic mass is 32.2. The van der Waals surface area contributed by atoms with Gasteiger partial charge in [-0.2, -0.15) is 4.31 Å². The highest BCUT2D eigenvalue weighted by Crippen LogP contribution is 2.26. The molecule has 1 aliphatic heterocycles. The SMILES string of the molecule is CCC(CC)N(CCOC)C(=O)C1CCCN(S(=O)(=O)c2ccccc2)C1. The maximum absolute atomic E-state index is 13.2. The fraction of sp³-hybridized carbons (Fsp3) is 0.650. The molecule has 0 bridgehead atoms. The molecule has 7 heteroatoms. The lowest BCUT2D eigenvalue weighted by molar-refractivity contribution is -0.140.